The summed E-state index contributed by atoms with van der Waals surface area (Å²) in [5.74, 6) is -1.58. The molecule has 0 radical (unpaired) electrons. The molecule has 2 aromatic heterocycles. The van der Waals surface area contributed by atoms with Crippen LogP contribution in [-0.4, -0.2) is 63.9 Å². The summed E-state index contributed by atoms with van der Waals surface area (Å²) < 4.78 is 21.1. The molecule has 1 aliphatic rings. The van der Waals surface area contributed by atoms with Gasteiger partial charge in [0.1, 0.15) is 5.54 Å². The molecule has 0 spiro atoms. The van der Waals surface area contributed by atoms with Gasteiger partial charge in [0.25, 0.3) is 0 Å². The molecule has 0 saturated carbocycles. The summed E-state index contributed by atoms with van der Waals surface area (Å²) in [5, 5.41) is 31.5. The van der Waals surface area contributed by atoms with Gasteiger partial charge < -0.3 is 30.9 Å². The summed E-state index contributed by atoms with van der Waals surface area (Å²) in [6.07, 6.45) is 2.73. The molecule has 0 aliphatic carbocycles. The lowest BCUT2D eigenvalue weighted by atomic mass is 10.00. The maximum atomic E-state index is 15.5. The predicted molar refractivity (Wildman–Crippen MR) is 182 cm³/mol. The Hall–Kier alpha value is -4.33. The number of ether oxygens (including phenoxy) is 1. The van der Waals surface area contributed by atoms with Gasteiger partial charge in [-0.25, -0.2) is 14.4 Å². The van der Waals surface area contributed by atoms with Crippen molar-refractivity contribution in [2.24, 2.45) is 0 Å². The number of aliphatic hydroxyl groups is 1. The molecule has 48 heavy (non-hydrogen) atoms. The molecule has 4 aromatic rings. The molecular weight excluding hydrogens is 662 g/mol. The average Bonchev–Trinajstić information content (AvgIpc) is 3.50. The summed E-state index contributed by atoms with van der Waals surface area (Å²) in [7, 11) is 1.55. The van der Waals surface area contributed by atoms with Gasteiger partial charge in [0.05, 0.1) is 35.1 Å². The van der Waals surface area contributed by atoms with Crippen molar-refractivity contribution in [1.29, 1.82) is 0 Å². The van der Waals surface area contributed by atoms with Crippen molar-refractivity contribution in [3.05, 3.63) is 87.8 Å². The van der Waals surface area contributed by atoms with Gasteiger partial charge in [-0.3, -0.25) is 14.9 Å². The topological polar surface area (TPSA) is 158 Å². The molecule has 1 aliphatic heterocycles. The van der Waals surface area contributed by atoms with E-state index in [0.29, 0.717) is 58.5 Å². The number of aliphatic hydroxyl groups excluding tert-OH is 1. The third kappa shape index (κ3) is 7.69. The number of benzene rings is 2. The van der Waals surface area contributed by atoms with Gasteiger partial charge in [0.2, 0.25) is 11.8 Å². The lowest BCUT2D eigenvalue weighted by Gasteiger charge is -2.24. The number of aliphatic carboxylic acids is 1. The van der Waals surface area contributed by atoms with Gasteiger partial charge in [0.15, 0.2) is 11.6 Å². The Balaban J connectivity index is 1.36. The second kappa shape index (κ2) is 15.3. The number of nitrogens with one attached hydrogen (secondary N) is 4. The van der Waals surface area contributed by atoms with Crippen LogP contribution in [0.1, 0.15) is 30.9 Å². The van der Waals surface area contributed by atoms with E-state index in [9.17, 15) is 19.8 Å². The quantitative estimate of drug-likeness (QED) is 0.102. The number of halogens is 3. The zero-order valence-corrected chi connectivity index (χ0v) is 27.8. The third-order valence-corrected chi connectivity index (χ3v) is 8.98. The zero-order chi connectivity index (χ0) is 34.4. The molecule has 11 nitrogen and oxygen atoms in total. The summed E-state index contributed by atoms with van der Waals surface area (Å²) in [4.78, 5) is 31.8. The molecule has 5 rings (SSSR count). The lowest BCUT2D eigenvalue weighted by Crippen LogP contribution is -2.52. The summed E-state index contributed by atoms with van der Waals surface area (Å²) in [6.45, 7) is 1.61. The van der Waals surface area contributed by atoms with Crippen molar-refractivity contribution in [3.63, 3.8) is 0 Å². The number of carboxylic acid groups (broad SMARTS) is 1. The molecule has 0 unspecified atom stereocenters. The van der Waals surface area contributed by atoms with E-state index in [0.717, 1.165) is 12.0 Å². The molecule has 1 fully saturated rings. The van der Waals surface area contributed by atoms with Gasteiger partial charge in [0, 0.05) is 66.1 Å². The lowest BCUT2D eigenvalue weighted by molar-refractivity contribution is -0.146. The first-order valence-electron chi connectivity index (χ1n) is 15.2. The number of anilines is 2. The highest BCUT2D eigenvalue weighted by Crippen LogP contribution is 2.42. The van der Waals surface area contributed by atoms with E-state index < -0.39 is 23.9 Å². The van der Waals surface area contributed by atoms with E-state index in [1.165, 1.54) is 19.2 Å². The fourth-order valence-corrected chi connectivity index (χ4v) is 5.84. The van der Waals surface area contributed by atoms with Crippen molar-refractivity contribution in [1.82, 2.24) is 25.9 Å². The largest absolute Gasteiger partial charge is 0.481 e. The highest BCUT2D eigenvalue weighted by molar-refractivity contribution is 6.39. The zero-order valence-electron chi connectivity index (χ0n) is 26.2. The highest BCUT2D eigenvalue weighted by atomic mass is 35.5. The van der Waals surface area contributed by atoms with Gasteiger partial charge >= 0.3 is 5.97 Å². The van der Waals surface area contributed by atoms with Gasteiger partial charge in [-0.15, -0.1) is 0 Å². The number of aromatic nitrogens is 2. The number of rotatable bonds is 14. The van der Waals surface area contributed by atoms with Crippen molar-refractivity contribution in [3.8, 4) is 28.3 Å². The Kier molecular flexibility index (Phi) is 11.1. The number of nitrogens with zero attached hydrogens (tertiary/aromatic N) is 2. The van der Waals surface area contributed by atoms with Crippen molar-refractivity contribution < 1.29 is 28.9 Å². The molecule has 2 aromatic carbocycles. The van der Waals surface area contributed by atoms with Crippen molar-refractivity contribution in [2.45, 2.75) is 44.4 Å². The van der Waals surface area contributed by atoms with Crippen LogP contribution in [0.2, 0.25) is 10.0 Å². The standard InChI is InChI=1S/C34H35Cl2FN6O5/c1-34(18-44,33(46)47)40-16-19-13-14-39-31(30(19)37)42-26-8-4-6-23(29(26)36)22-5-3-7-24(28(22)35)25-11-9-20(32(43-25)48-2)15-38-17-21-10-12-27(45)41-21/h3-9,11,13-14,21,38,40,44H,10,12,15-18H2,1-2H3,(H,39,42)(H,41,45)(H,46,47)/t21-,34+/m0/s1. The van der Waals surface area contributed by atoms with Crippen LogP contribution in [0.15, 0.2) is 60.8 Å². The molecule has 2 atom stereocenters. The molecule has 1 amide bonds. The first-order valence-corrected chi connectivity index (χ1v) is 15.9. The van der Waals surface area contributed by atoms with E-state index in [-0.39, 0.29) is 34.9 Å². The number of carboxylic acids is 1. The molecule has 3 heterocycles. The minimum Gasteiger partial charge on any atom is -0.481 e. The fraction of sp³-hybridized carbons (Fsp3) is 0.294. The molecule has 6 N–H and O–H groups in total. The number of hydrogen-bond donors (Lipinski definition) is 6. The molecule has 1 saturated heterocycles. The Bertz CT molecular complexity index is 1830. The van der Waals surface area contributed by atoms with Crippen molar-refractivity contribution in [2.75, 3.05) is 25.6 Å². The number of hydrogen-bond acceptors (Lipinski definition) is 9. The Morgan fingerprint density at radius 1 is 1.06 bits per heavy atom. The van der Waals surface area contributed by atoms with Crippen LogP contribution in [0.5, 0.6) is 5.88 Å². The van der Waals surface area contributed by atoms with Crippen LogP contribution in [0.3, 0.4) is 0 Å². The highest BCUT2D eigenvalue weighted by Gasteiger charge is 2.32. The van der Waals surface area contributed by atoms with Gasteiger partial charge in [-0.05, 0) is 31.5 Å². The second-order valence-corrected chi connectivity index (χ2v) is 12.3. The minimum absolute atomic E-state index is 0.0710. The maximum absolute atomic E-state index is 15.5. The third-order valence-electron chi connectivity index (χ3n) is 8.17. The smallest absolute Gasteiger partial charge is 0.326 e. The number of carbonyl (C=O) groups excluding carboxylic acids is 1. The molecular formula is C34H35Cl2FN6O5. The normalized spacial score (nSPS) is 15.5. The van der Waals surface area contributed by atoms with E-state index in [1.807, 2.05) is 30.3 Å². The first-order chi connectivity index (χ1) is 23.0. The van der Waals surface area contributed by atoms with E-state index in [4.69, 9.17) is 32.9 Å². The van der Waals surface area contributed by atoms with E-state index in [1.54, 1.807) is 25.3 Å². The van der Waals surface area contributed by atoms with Crippen LogP contribution in [0, 0.1) is 5.82 Å². The Labute approximate surface area is 286 Å². The number of amides is 1. The summed E-state index contributed by atoms with van der Waals surface area (Å²) in [5.41, 5.74) is 2.16. The van der Waals surface area contributed by atoms with Crippen LogP contribution in [0.25, 0.3) is 22.4 Å². The van der Waals surface area contributed by atoms with Crippen molar-refractivity contribution >= 4 is 46.6 Å². The van der Waals surface area contributed by atoms with E-state index in [2.05, 4.69) is 26.3 Å². The maximum Gasteiger partial charge on any atom is 0.326 e. The summed E-state index contributed by atoms with van der Waals surface area (Å²) >= 11 is 13.8. The second-order valence-electron chi connectivity index (χ2n) is 11.5. The van der Waals surface area contributed by atoms with Crippen LogP contribution < -0.4 is 26.0 Å². The fourth-order valence-electron chi connectivity index (χ4n) is 5.24. The summed E-state index contributed by atoms with van der Waals surface area (Å²) in [6, 6.07) is 16.0. The first kappa shape index (κ1) is 35.0. The number of pyridine rings is 2. The van der Waals surface area contributed by atoms with Crippen LogP contribution in [0.4, 0.5) is 15.9 Å². The van der Waals surface area contributed by atoms with Crippen LogP contribution in [-0.2, 0) is 22.7 Å². The van der Waals surface area contributed by atoms with E-state index >= 15 is 4.39 Å². The van der Waals surface area contributed by atoms with Crippen LogP contribution >= 0.6 is 23.2 Å². The minimum atomic E-state index is -1.65. The predicted octanol–water partition coefficient (Wildman–Crippen LogP) is 5.30. The molecule has 14 heteroatoms. The molecule has 252 valence electrons. The number of methoxy groups -OCH3 is 1. The average molecular weight is 698 g/mol. The molecule has 0 bridgehead atoms. The SMILES string of the molecule is COc1nc(-c2cccc(-c3cccc(Nc4nccc(CN[C@](C)(CO)C(=O)O)c4F)c3Cl)c2Cl)ccc1CNC[C@@H]1CCC(=O)N1. The Morgan fingerprint density at radius 2 is 1.79 bits per heavy atom. The van der Waals surface area contributed by atoms with Gasteiger partial charge in [-0.1, -0.05) is 59.6 Å². The van der Waals surface area contributed by atoms with Gasteiger partial charge in [-0.2, -0.15) is 0 Å². The monoisotopic (exact) mass is 696 g/mol. The Morgan fingerprint density at radius 3 is 2.48 bits per heavy atom. The number of carbonyl (C=O) groups is 2.